The Morgan fingerprint density at radius 2 is 2.27 bits per heavy atom. The quantitative estimate of drug-likeness (QED) is 0.532. The minimum atomic E-state index is 0.271. The molecule has 0 saturated heterocycles. The van der Waals surface area contributed by atoms with Crippen molar-refractivity contribution in [1.82, 2.24) is 9.91 Å². The van der Waals surface area contributed by atoms with Gasteiger partial charge in [-0.15, -0.1) is 0 Å². The van der Waals surface area contributed by atoms with Crippen molar-refractivity contribution in [3.05, 3.63) is 0 Å². The maximum absolute atomic E-state index is 4.22. The molecule has 0 aliphatic carbocycles. The van der Waals surface area contributed by atoms with Gasteiger partial charge in [-0.25, -0.2) is 0 Å². The predicted molar refractivity (Wildman–Crippen MR) is 50.6 cm³/mol. The molecule has 1 heterocycles. The monoisotopic (exact) mass is 219 g/mol. The van der Waals surface area contributed by atoms with Gasteiger partial charge in [-0.3, -0.25) is 5.01 Å². The third-order valence-corrected chi connectivity index (χ3v) is 2.67. The van der Waals surface area contributed by atoms with E-state index in [9.17, 15) is 0 Å². The molecule has 0 bridgehead atoms. The van der Waals surface area contributed by atoms with Crippen LogP contribution in [0.15, 0.2) is 5.10 Å². The molecule has 0 saturated carbocycles. The third kappa shape index (κ3) is 1.86. The van der Waals surface area contributed by atoms with E-state index >= 15 is 0 Å². The van der Waals surface area contributed by atoms with E-state index in [4.69, 9.17) is 0 Å². The predicted octanol–water partition coefficient (Wildman–Crippen LogP) is 1.66. The lowest BCUT2D eigenvalue weighted by atomic mass is 10.4. The van der Waals surface area contributed by atoms with Crippen LogP contribution in [0.4, 0.5) is 0 Å². The standard InChI is InChI=1S/C7H14BrN3/c1-3-5-10-6-9-11(4-2)7(10)8/h6-7H,3-5H2,1-2H3. The molecule has 1 aliphatic heterocycles. The van der Waals surface area contributed by atoms with E-state index in [2.05, 4.69) is 39.8 Å². The number of nitrogens with zero attached hydrogens (tertiary/aromatic N) is 3. The lowest BCUT2D eigenvalue weighted by molar-refractivity contribution is 0.220. The van der Waals surface area contributed by atoms with Gasteiger partial charge in [0.05, 0.1) is 0 Å². The molecule has 0 radical (unpaired) electrons. The topological polar surface area (TPSA) is 18.8 Å². The summed E-state index contributed by atoms with van der Waals surface area (Å²) in [5.41, 5.74) is 0. The van der Waals surface area contributed by atoms with E-state index in [0.717, 1.165) is 19.5 Å². The van der Waals surface area contributed by atoms with Gasteiger partial charge < -0.3 is 4.90 Å². The van der Waals surface area contributed by atoms with Gasteiger partial charge in [0.2, 0.25) is 0 Å². The van der Waals surface area contributed by atoms with E-state index in [1.807, 2.05) is 11.3 Å². The van der Waals surface area contributed by atoms with Crippen LogP contribution in [-0.2, 0) is 0 Å². The van der Waals surface area contributed by atoms with Crippen LogP contribution < -0.4 is 0 Å². The summed E-state index contributed by atoms with van der Waals surface area (Å²) >= 11 is 3.56. The normalized spacial score (nSPS) is 23.4. The van der Waals surface area contributed by atoms with Gasteiger partial charge in [-0.1, -0.05) is 6.92 Å². The molecule has 0 aromatic carbocycles. The highest BCUT2D eigenvalue weighted by Gasteiger charge is 2.22. The average Bonchev–Trinajstić information content (AvgIpc) is 2.34. The molecule has 1 rings (SSSR count). The zero-order chi connectivity index (χ0) is 8.27. The second-order valence-electron chi connectivity index (χ2n) is 2.54. The lowest BCUT2D eigenvalue weighted by Gasteiger charge is -2.24. The van der Waals surface area contributed by atoms with Gasteiger partial charge in [0.1, 0.15) is 6.34 Å². The largest absolute Gasteiger partial charge is 0.331 e. The van der Waals surface area contributed by atoms with Gasteiger partial charge in [0, 0.05) is 13.1 Å². The highest BCUT2D eigenvalue weighted by Crippen LogP contribution is 2.17. The molecular formula is C7H14BrN3. The molecule has 0 fully saturated rings. The smallest absolute Gasteiger partial charge is 0.175 e. The SMILES string of the molecule is CCCN1C=NN(CC)C1Br. The van der Waals surface area contributed by atoms with Gasteiger partial charge in [0.15, 0.2) is 5.08 Å². The van der Waals surface area contributed by atoms with E-state index < -0.39 is 0 Å². The summed E-state index contributed by atoms with van der Waals surface area (Å²) < 4.78 is 0. The number of rotatable bonds is 3. The zero-order valence-corrected chi connectivity index (χ0v) is 8.58. The van der Waals surface area contributed by atoms with Crippen LogP contribution in [0.1, 0.15) is 20.3 Å². The highest BCUT2D eigenvalue weighted by molar-refractivity contribution is 9.09. The molecule has 64 valence electrons. The van der Waals surface area contributed by atoms with E-state index in [1.165, 1.54) is 0 Å². The molecule has 0 aromatic heterocycles. The average molecular weight is 220 g/mol. The Hall–Kier alpha value is -0.250. The Morgan fingerprint density at radius 3 is 2.73 bits per heavy atom. The van der Waals surface area contributed by atoms with Crippen LogP contribution >= 0.6 is 15.9 Å². The zero-order valence-electron chi connectivity index (χ0n) is 7.00. The first kappa shape index (κ1) is 8.84. The van der Waals surface area contributed by atoms with Crippen molar-refractivity contribution in [1.29, 1.82) is 0 Å². The fourth-order valence-corrected chi connectivity index (χ4v) is 1.77. The first-order chi connectivity index (χ1) is 5.29. The highest BCUT2D eigenvalue weighted by atomic mass is 79.9. The first-order valence-electron chi connectivity index (χ1n) is 4.00. The number of halogens is 1. The van der Waals surface area contributed by atoms with Crippen molar-refractivity contribution in [3.8, 4) is 0 Å². The Labute approximate surface area is 76.2 Å². The molecule has 0 aromatic rings. The summed E-state index contributed by atoms with van der Waals surface area (Å²) in [6.45, 7) is 6.28. The van der Waals surface area contributed by atoms with E-state index in [1.54, 1.807) is 0 Å². The van der Waals surface area contributed by atoms with Crippen molar-refractivity contribution < 1.29 is 0 Å². The van der Waals surface area contributed by atoms with E-state index in [-0.39, 0.29) is 5.08 Å². The van der Waals surface area contributed by atoms with Crippen LogP contribution in [0.25, 0.3) is 0 Å². The van der Waals surface area contributed by atoms with Crippen LogP contribution in [0, 0.1) is 0 Å². The molecular weight excluding hydrogens is 206 g/mol. The Morgan fingerprint density at radius 1 is 1.55 bits per heavy atom. The molecule has 0 amide bonds. The Balaban J connectivity index is 2.42. The lowest BCUT2D eigenvalue weighted by Crippen LogP contribution is -2.34. The summed E-state index contributed by atoms with van der Waals surface area (Å²) in [6.07, 6.45) is 3.05. The van der Waals surface area contributed by atoms with Crippen molar-refractivity contribution in [3.63, 3.8) is 0 Å². The second kappa shape index (κ2) is 3.95. The second-order valence-corrected chi connectivity index (χ2v) is 3.35. The van der Waals surface area contributed by atoms with Crippen LogP contribution in [-0.4, -0.2) is 34.4 Å². The summed E-state index contributed by atoms with van der Waals surface area (Å²) in [6, 6.07) is 0. The summed E-state index contributed by atoms with van der Waals surface area (Å²) in [5.74, 6) is 0. The summed E-state index contributed by atoms with van der Waals surface area (Å²) in [4.78, 5) is 2.18. The minimum Gasteiger partial charge on any atom is -0.331 e. The van der Waals surface area contributed by atoms with Gasteiger partial charge in [-0.05, 0) is 29.3 Å². The Kier molecular flexibility index (Phi) is 3.17. The van der Waals surface area contributed by atoms with Crippen molar-refractivity contribution in [2.75, 3.05) is 13.1 Å². The molecule has 1 atom stereocenters. The van der Waals surface area contributed by atoms with Crippen LogP contribution in [0.2, 0.25) is 0 Å². The minimum absolute atomic E-state index is 0.271. The van der Waals surface area contributed by atoms with Crippen molar-refractivity contribution in [2.24, 2.45) is 5.10 Å². The molecule has 11 heavy (non-hydrogen) atoms. The number of hydrogen-bond acceptors (Lipinski definition) is 3. The van der Waals surface area contributed by atoms with Gasteiger partial charge in [0.25, 0.3) is 0 Å². The van der Waals surface area contributed by atoms with Crippen LogP contribution in [0.3, 0.4) is 0 Å². The number of alkyl halides is 1. The number of hydrogen-bond donors (Lipinski definition) is 0. The molecule has 1 aliphatic rings. The fourth-order valence-electron chi connectivity index (χ4n) is 1.07. The van der Waals surface area contributed by atoms with Gasteiger partial charge in [-0.2, -0.15) is 5.10 Å². The first-order valence-corrected chi connectivity index (χ1v) is 4.91. The number of hydrazone groups is 1. The third-order valence-electron chi connectivity index (χ3n) is 1.67. The molecule has 0 spiro atoms. The maximum Gasteiger partial charge on any atom is 0.175 e. The molecule has 1 unspecified atom stereocenters. The molecule has 3 nitrogen and oxygen atoms in total. The van der Waals surface area contributed by atoms with Crippen molar-refractivity contribution >= 4 is 22.3 Å². The fraction of sp³-hybridized carbons (Fsp3) is 0.857. The molecule has 4 heteroatoms. The van der Waals surface area contributed by atoms with E-state index in [0.29, 0.717) is 0 Å². The van der Waals surface area contributed by atoms with Crippen LogP contribution in [0.5, 0.6) is 0 Å². The van der Waals surface area contributed by atoms with Crippen molar-refractivity contribution in [2.45, 2.75) is 25.3 Å². The Bertz CT molecular complexity index is 149. The summed E-state index contributed by atoms with van der Waals surface area (Å²) in [7, 11) is 0. The molecule has 0 N–H and O–H groups in total. The van der Waals surface area contributed by atoms with Gasteiger partial charge >= 0.3 is 0 Å². The maximum atomic E-state index is 4.22. The summed E-state index contributed by atoms with van der Waals surface area (Å²) in [5, 5.41) is 6.50.